The van der Waals surface area contributed by atoms with E-state index in [1.165, 1.54) is 0 Å². The van der Waals surface area contributed by atoms with E-state index >= 15 is 0 Å². The van der Waals surface area contributed by atoms with Crippen LogP contribution in [0.1, 0.15) is 25.1 Å². The molecule has 1 aliphatic heterocycles. The van der Waals surface area contributed by atoms with E-state index in [9.17, 15) is 9.59 Å². The number of hydrogen-bond acceptors (Lipinski definition) is 3. The van der Waals surface area contributed by atoms with Crippen LogP contribution in [0.4, 0.5) is 5.69 Å². The molecule has 0 bridgehead atoms. The Bertz CT molecular complexity index is 809. The SMILES string of the molecule is CC(C)N=c1ccccn1C(=O)C1CC(=O)N(c2ccccc2)C1. The molecule has 0 saturated carbocycles. The number of para-hydroxylation sites is 1. The highest BCUT2D eigenvalue weighted by Crippen LogP contribution is 2.25. The first-order valence-corrected chi connectivity index (χ1v) is 8.17. The van der Waals surface area contributed by atoms with Crippen molar-refractivity contribution in [1.82, 2.24) is 4.57 Å². The molecule has 1 unspecified atom stereocenters. The van der Waals surface area contributed by atoms with Gasteiger partial charge >= 0.3 is 0 Å². The monoisotopic (exact) mass is 323 g/mol. The average Bonchev–Trinajstić information content (AvgIpc) is 2.97. The molecule has 1 fully saturated rings. The van der Waals surface area contributed by atoms with Gasteiger partial charge in [0.15, 0.2) is 0 Å². The smallest absolute Gasteiger partial charge is 0.237 e. The number of anilines is 1. The average molecular weight is 323 g/mol. The molecule has 0 aliphatic carbocycles. The minimum absolute atomic E-state index is 0.0153. The van der Waals surface area contributed by atoms with Gasteiger partial charge in [-0.05, 0) is 38.1 Å². The number of pyridine rings is 1. The maximum Gasteiger partial charge on any atom is 0.237 e. The van der Waals surface area contributed by atoms with Gasteiger partial charge in [0.1, 0.15) is 5.49 Å². The van der Waals surface area contributed by atoms with Crippen LogP contribution in [0.25, 0.3) is 0 Å². The van der Waals surface area contributed by atoms with Crippen LogP contribution in [0.5, 0.6) is 0 Å². The third-order valence-electron chi connectivity index (χ3n) is 4.01. The minimum atomic E-state index is -0.355. The van der Waals surface area contributed by atoms with Gasteiger partial charge in [0.05, 0.1) is 5.92 Å². The summed E-state index contributed by atoms with van der Waals surface area (Å²) in [5.41, 5.74) is 1.46. The zero-order valence-electron chi connectivity index (χ0n) is 13.9. The zero-order valence-corrected chi connectivity index (χ0v) is 13.9. The van der Waals surface area contributed by atoms with E-state index in [1.54, 1.807) is 15.7 Å². The lowest BCUT2D eigenvalue weighted by atomic mass is 10.1. The molecule has 124 valence electrons. The van der Waals surface area contributed by atoms with Crippen LogP contribution in [-0.4, -0.2) is 29.0 Å². The predicted octanol–water partition coefficient (Wildman–Crippen LogP) is 2.49. The summed E-state index contributed by atoms with van der Waals surface area (Å²) < 4.78 is 1.56. The molecule has 5 heteroatoms. The highest BCUT2D eigenvalue weighted by molar-refractivity contribution is 6.00. The molecule has 1 aromatic carbocycles. The Morgan fingerprint density at radius 2 is 1.83 bits per heavy atom. The molecule has 2 aromatic rings. The van der Waals surface area contributed by atoms with Crippen molar-refractivity contribution < 1.29 is 9.59 Å². The molecule has 0 spiro atoms. The maximum absolute atomic E-state index is 12.9. The van der Waals surface area contributed by atoms with Gasteiger partial charge in [0.2, 0.25) is 11.8 Å². The van der Waals surface area contributed by atoms with E-state index < -0.39 is 0 Å². The largest absolute Gasteiger partial charge is 0.312 e. The summed E-state index contributed by atoms with van der Waals surface area (Å²) in [4.78, 5) is 31.4. The quantitative estimate of drug-likeness (QED) is 0.871. The number of amides is 1. The zero-order chi connectivity index (χ0) is 17.1. The van der Waals surface area contributed by atoms with E-state index in [0.29, 0.717) is 12.0 Å². The minimum Gasteiger partial charge on any atom is -0.312 e. The lowest BCUT2D eigenvalue weighted by Gasteiger charge is -2.16. The number of rotatable bonds is 3. The Labute approximate surface area is 141 Å². The van der Waals surface area contributed by atoms with Crippen molar-refractivity contribution in [1.29, 1.82) is 0 Å². The molecular weight excluding hydrogens is 302 g/mol. The van der Waals surface area contributed by atoms with E-state index in [-0.39, 0.29) is 30.2 Å². The van der Waals surface area contributed by atoms with E-state index in [1.807, 2.05) is 62.4 Å². The van der Waals surface area contributed by atoms with Crippen molar-refractivity contribution >= 4 is 17.5 Å². The highest BCUT2D eigenvalue weighted by atomic mass is 16.2. The fourth-order valence-electron chi connectivity index (χ4n) is 2.92. The maximum atomic E-state index is 12.9. The number of nitrogens with zero attached hydrogens (tertiary/aromatic N) is 3. The molecule has 0 N–H and O–H groups in total. The molecule has 0 radical (unpaired) electrons. The molecule has 5 nitrogen and oxygen atoms in total. The first-order valence-electron chi connectivity index (χ1n) is 8.17. The topological polar surface area (TPSA) is 54.7 Å². The van der Waals surface area contributed by atoms with Gasteiger partial charge in [-0.3, -0.25) is 19.1 Å². The summed E-state index contributed by atoms with van der Waals surface area (Å²) in [5.74, 6) is -0.452. The molecule has 2 heterocycles. The number of carbonyl (C=O) groups excluding carboxylic acids is 2. The summed E-state index contributed by atoms with van der Waals surface area (Å²) >= 11 is 0. The molecule has 24 heavy (non-hydrogen) atoms. The fraction of sp³-hybridized carbons (Fsp3) is 0.316. The number of carbonyl (C=O) groups is 2. The van der Waals surface area contributed by atoms with Gasteiger partial charge in [0.25, 0.3) is 0 Å². The molecule has 1 aromatic heterocycles. The standard InChI is InChI=1S/C19H21N3O2/c1-14(2)20-17-10-6-7-11-21(17)19(24)15-12-18(23)22(13-15)16-8-4-3-5-9-16/h3-11,14-15H,12-13H2,1-2H3. The Balaban J connectivity index is 1.87. The van der Waals surface area contributed by atoms with Crippen molar-refractivity contribution in [2.75, 3.05) is 11.4 Å². The summed E-state index contributed by atoms with van der Waals surface area (Å²) in [5, 5.41) is 0. The van der Waals surface area contributed by atoms with E-state index in [4.69, 9.17) is 0 Å². The van der Waals surface area contributed by atoms with Crippen molar-refractivity contribution in [2.24, 2.45) is 10.9 Å². The van der Waals surface area contributed by atoms with Gasteiger partial charge in [-0.1, -0.05) is 24.3 Å². The Hall–Kier alpha value is -2.69. The predicted molar refractivity (Wildman–Crippen MR) is 92.7 cm³/mol. The Morgan fingerprint density at radius 3 is 2.54 bits per heavy atom. The van der Waals surface area contributed by atoms with Crippen molar-refractivity contribution in [3.8, 4) is 0 Å². The van der Waals surface area contributed by atoms with Crippen molar-refractivity contribution in [2.45, 2.75) is 26.3 Å². The Kier molecular flexibility index (Phi) is 4.60. The van der Waals surface area contributed by atoms with Crippen molar-refractivity contribution in [3.05, 3.63) is 60.2 Å². The van der Waals surface area contributed by atoms with Gasteiger partial charge in [-0.25, -0.2) is 0 Å². The van der Waals surface area contributed by atoms with E-state index in [2.05, 4.69) is 4.99 Å². The lowest BCUT2D eigenvalue weighted by Crippen LogP contribution is -2.34. The molecule has 1 amide bonds. The Morgan fingerprint density at radius 1 is 1.12 bits per heavy atom. The second kappa shape index (κ2) is 6.83. The lowest BCUT2D eigenvalue weighted by molar-refractivity contribution is -0.117. The molecular formula is C19H21N3O2. The van der Waals surface area contributed by atoms with Crippen molar-refractivity contribution in [3.63, 3.8) is 0 Å². The molecule has 3 rings (SSSR count). The summed E-state index contributed by atoms with van der Waals surface area (Å²) in [7, 11) is 0. The second-order valence-corrected chi connectivity index (χ2v) is 6.23. The molecule has 1 aliphatic rings. The number of aromatic nitrogens is 1. The number of benzene rings is 1. The van der Waals surface area contributed by atoms with E-state index in [0.717, 1.165) is 5.69 Å². The van der Waals surface area contributed by atoms with Crippen LogP contribution < -0.4 is 10.4 Å². The third kappa shape index (κ3) is 3.30. The number of hydrogen-bond donors (Lipinski definition) is 0. The normalized spacial score (nSPS) is 18.5. The second-order valence-electron chi connectivity index (χ2n) is 6.23. The summed E-state index contributed by atoms with van der Waals surface area (Å²) in [6, 6.07) is 15.1. The first kappa shape index (κ1) is 16.2. The van der Waals surface area contributed by atoms with Crippen LogP contribution in [0, 0.1) is 5.92 Å². The molecule has 1 saturated heterocycles. The van der Waals surface area contributed by atoms with Crippen LogP contribution >= 0.6 is 0 Å². The van der Waals surface area contributed by atoms with Gasteiger partial charge in [-0.15, -0.1) is 0 Å². The fourth-order valence-corrected chi connectivity index (χ4v) is 2.92. The van der Waals surface area contributed by atoms with Gasteiger partial charge in [-0.2, -0.15) is 0 Å². The summed E-state index contributed by atoms with van der Waals surface area (Å²) in [6.45, 7) is 4.35. The van der Waals surface area contributed by atoms with Crippen LogP contribution in [0.3, 0.4) is 0 Å². The summed E-state index contributed by atoms with van der Waals surface area (Å²) in [6.07, 6.45) is 1.95. The van der Waals surface area contributed by atoms with Crippen LogP contribution in [-0.2, 0) is 4.79 Å². The first-order chi connectivity index (χ1) is 11.6. The third-order valence-corrected chi connectivity index (χ3v) is 4.01. The highest BCUT2D eigenvalue weighted by Gasteiger charge is 2.35. The molecule has 1 atom stereocenters. The van der Waals surface area contributed by atoms with Crippen LogP contribution in [0.2, 0.25) is 0 Å². The van der Waals surface area contributed by atoms with Crippen LogP contribution in [0.15, 0.2) is 59.7 Å². The van der Waals surface area contributed by atoms with Gasteiger partial charge < -0.3 is 4.90 Å². The van der Waals surface area contributed by atoms with Gasteiger partial charge in [0, 0.05) is 30.9 Å².